The molecule has 2 bridgehead atoms. The predicted molar refractivity (Wildman–Crippen MR) is 386 cm³/mol. The lowest BCUT2D eigenvalue weighted by atomic mass is 9.74. The van der Waals surface area contributed by atoms with Crippen LogP contribution in [0.15, 0.2) is 12.2 Å². The smallest absolute Gasteiger partial charge is 0.377 e. The van der Waals surface area contributed by atoms with Gasteiger partial charge in [-0.1, -0.05) is 90.7 Å². The van der Waals surface area contributed by atoms with Gasteiger partial charge < -0.3 is 64.8 Å². The normalized spacial score (nSPS) is 33.4. The van der Waals surface area contributed by atoms with Crippen LogP contribution >= 0.6 is 0 Å². The Balaban J connectivity index is 1.10. The van der Waals surface area contributed by atoms with Gasteiger partial charge in [0.05, 0.1) is 25.6 Å². The van der Waals surface area contributed by atoms with Gasteiger partial charge in [0.2, 0.25) is 70.9 Å². The van der Waals surface area contributed by atoms with Gasteiger partial charge >= 0.3 is 6.18 Å². The van der Waals surface area contributed by atoms with Crippen LogP contribution in [0.25, 0.3) is 0 Å². The minimum absolute atomic E-state index is 0.0224. The number of fused-ring (bicyclic) bond motifs is 3. The number of hydrogen-bond acceptors (Lipinski definition) is 13. The number of ether oxygens (including phenoxy) is 1. The molecule has 0 aromatic rings. The number of halogens is 5. The molecule has 0 aromatic carbocycles. The molecular weight excluding hydrogens is 1400 g/mol. The summed E-state index contributed by atoms with van der Waals surface area (Å²) in [4.78, 5) is 194. The summed E-state index contributed by atoms with van der Waals surface area (Å²) in [6.45, 7) is 6.86. The van der Waals surface area contributed by atoms with E-state index in [2.05, 4.69) is 22.9 Å². The number of likely N-dealkylation sites (tertiary alicyclic amines) is 1. The van der Waals surface area contributed by atoms with Crippen LogP contribution in [0.2, 0.25) is 0 Å². The summed E-state index contributed by atoms with van der Waals surface area (Å²) in [5.41, 5.74) is -1.63. The highest BCUT2D eigenvalue weighted by Crippen LogP contribution is 2.45. The predicted octanol–water partition coefficient (Wildman–Crippen LogP) is 6.10. The summed E-state index contributed by atoms with van der Waals surface area (Å²) < 4.78 is 79.0. The van der Waals surface area contributed by atoms with Crippen molar-refractivity contribution in [1.82, 2.24) is 60.0 Å². The molecule has 3 N–H and O–H groups in total. The van der Waals surface area contributed by atoms with Crippen molar-refractivity contribution in [3.05, 3.63) is 12.2 Å². The van der Waals surface area contributed by atoms with Crippen LogP contribution in [0.4, 0.5) is 22.0 Å². The number of hydrogen-bond donors (Lipinski definition) is 3. The largest absolute Gasteiger partial charge is 0.397 e. The lowest BCUT2D eigenvalue weighted by molar-refractivity contribution is -0.219. The Bertz CT molecular complexity index is 3220. The van der Waals surface area contributed by atoms with Gasteiger partial charge in [-0.2, -0.15) is 13.2 Å². The fourth-order valence-corrected chi connectivity index (χ4v) is 17.9. The Morgan fingerprint density at radius 2 is 1.23 bits per heavy atom. The van der Waals surface area contributed by atoms with E-state index >= 15 is 47.1 Å². The van der Waals surface area contributed by atoms with Crippen LogP contribution in [0.5, 0.6) is 0 Å². The van der Waals surface area contributed by atoms with Gasteiger partial charge in [0.1, 0.15) is 72.1 Å². The van der Waals surface area contributed by atoms with Gasteiger partial charge in [0, 0.05) is 81.5 Å². The molecule has 12 amide bonds. The van der Waals surface area contributed by atoms with E-state index < -0.39 is 205 Å². The van der Waals surface area contributed by atoms with Crippen LogP contribution in [-0.4, -0.2) is 282 Å². The first-order chi connectivity index (χ1) is 50.7. The first-order valence-electron chi connectivity index (χ1n) is 39.7. The molecule has 4 aliphatic heterocycles. The number of rotatable bonds is 13. The fraction of sp³-hybridized carbons (Fsp3) is 0.818. The molecule has 5 saturated carbocycles. The second kappa shape index (κ2) is 36.7. The maximum atomic E-state index is 15.7. The third-order valence-corrected chi connectivity index (χ3v) is 25.3. The molecule has 107 heavy (non-hydrogen) atoms. The van der Waals surface area contributed by atoms with Gasteiger partial charge in [-0.05, 0) is 139 Å². The molecule has 0 aromatic heterocycles. The number of nitrogens with zero attached hydrogens (tertiary/aromatic N) is 9. The van der Waals surface area contributed by atoms with E-state index in [0.29, 0.717) is 64.0 Å². The van der Waals surface area contributed by atoms with E-state index in [1.54, 1.807) is 24.8 Å². The zero-order chi connectivity index (χ0) is 78.1. The van der Waals surface area contributed by atoms with Crippen molar-refractivity contribution in [1.29, 1.82) is 0 Å². The molecule has 2 unspecified atom stereocenters. The minimum atomic E-state index is -5.17. The lowest BCUT2D eigenvalue weighted by Gasteiger charge is -2.46. The van der Waals surface area contributed by atoms with Crippen molar-refractivity contribution in [2.75, 3.05) is 88.2 Å². The second-order valence-corrected chi connectivity index (χ2v) is 32.9. The Morgan fingerprint density at radius 1 is 0.617 bits per heavy atom. The number of nitrogens with one attached hydrogen (secondary N) is 3. The van der Waals surface area contributed by atoms with Crippen LogP contribution in [-0.2, 0) is 62.3 Å². The number of likely N-dealkylation sites (N-methyl/N-ethyl adjacent to an activating group) is 6. The standard InChI is InChI=1S/C77H119F5N12O13/c1-11-47(4)65-73(104)87(6)45-63(97)88(7)56-23-14-13-17-36-93(72(56)103)60(40-48-26-24-46(3)25-27-48)70(101)86(5)44-61(95)83-55(31-30-50-37-53(78)64(54(79)38-50)77(80,81)82)69(100)94-43-52(107-12-2)41-58(94)68(99)85-76(32-20-33-76)75(106)91(10)66(51-21-15-16-22-51)74(105)90(9)59(71(102)92-34-18-19-35-92)42-62(96)89(8)57(67(98)84-65)39-49-28-29-49/h13-14,46-60,64-66H,11-12,15-45H2,1-10H3,(H,83,95)(H,84,98)(H,85,99)/b14-13-/t46?,47-,48?,50?,52+,53?,54?,55-,56-,57-,58-,59-,60-,64?,65-,66-/m0/s1. The minimum Gasteiger partial charge on any atom is -0.377 e. The van der Waals surface area contributed by atoms with E-state index in [0.717, 1.165) is 56.3 Å². The Kier molecular flexibility index (Phi) is 28.8. The highest BCUT2D eigenvalue weighted by molar-refractivity contribution is 6.01. The van der Waals surface area contributed by atoms with Crippen molar-refractivity contribution < 1.29 is 84.2 Å². The average Bonchev–Trinajstić information content (AvgIpc) is 1.69. The zero-order valence-corrected chi connectivity index (χ0v) is 64.6. The third-order valence-electron chi connectivity index (χ3n) is 25.3. The van der Waals surface area contributed by atoms with Crippen molar-refractivity contribution in [2.45, 2.75) is 273 Å². The molecule has 30 heteroatoms. The maximum Gasteiger partial charge on any atom is 0.397 e. The first kappa shape index (κ1) is 84.0. The van der Waals surface area contributed by atoms with Gasteiger partial charge in [-0.3, -0.25) is 57.5 Å². The summed E-state index contributed by atoms with van der Waals surface area (Å²) >= 11 is 0. The Morgan fingerprint density at radius 3 is 1.82 bits per heavy atom. The van der Waals surface area contributed by atoms with Gasteiger partial charge in [-0.15, -0.1) is 0 Å². The molecular formula is C77H119F5N12O13. The second-order valence-electron chi connectivity index (χ2n) is 32.9. The molecule has 0 radical (unpaired) electrons. The van der Waals surface area contributed by atoms with Crippen LogP contribution in [0.3, 0.4) is 0 Å². The number of amides is 12. The summed E-state index contributed by atoms with van der Waals surface area (Å²) in [6, 6.07) is -10.4. The van der Waals surface area contributed by atoms with Crippen molar-refractivity contribution in [3.8, 4) is 0 Å². The fourth-order valence-electron chi connectivity index (χ4n) is 17.9. The number of carbonyl (C=O) groups excluding carboxylic acids is 12. The highest BCUT2D eigenvalue weighted by atomic mass is 19.4. The molecule has 12 atom stereocenters. The van der Waals surface area contributed by atoms with Crippen LogP contribution in [0, 0.1) is 41.4 Å². The monoisotopic (exact) mass is 1510 g/mol. The highest BCUT2D eigenvalue weighted by Gasteiger charge is 2.56. The summed E-state index contributed by atoms with van der Waals surface area (Å²) in [7, 11) is 8.57. The molecule has 5 aliphatic carbocycles. The first-order valence-corrected chi connectivity index (χ1v) is 39.7. The van der Waals surface area contributed by atoms with Gasteiger partial charge in [0.15, 0.2) is 0 Å². The topological polar surface area (TPSA) is 279 Å². The molecule has 4 heterocycles. The molecule has 600 valence electrons. The van der Waals surface area contributed by atoms with Crippen molar-refractivity contribution >= 4 is 70.9 Å². The Labute approximate surface area is 627 Å². The molecule has 25 nitrogen and oxygen atoms in total. The molecule has 3 saturated heterocycles. The zero-order valence-electron chi connectivity index (χ0n) is 64.6. The molecule has 9 rings (SSSR count). The third kappa shape index (κ3) is 20.1. The average molecular weight is 1520 g/mol. The van der Waals surface area contributed by atoms with Gasteiger partial charge in [0.25, 0.3) is 0 Å². The summed E-state index contributed by atoms with van der Waals surface area (Å²) in [5.74, 6) is -12.5. The molecule has 1 spiro atoms. The van der Waals surface area contributed by atoms with E-state index in [9.17, 15) is 32.3 Å². The molecule has 9 aliphatic rings. The lowest BCUT2D eigenvalue weighted by Crippen LogP contribution is -2.68. The van der Waals surface area contributed by atoms with Crippen molar-refractivity contribution in [3.63, 3.8) is 0 Å². The number of carbonyl (C=O) groups is 12. The van der Waals surface area contributed by atoms with Crippen molar-refractivity contribution in [2.24, 2.45) is 41.4 Å². The summed E-state index contributed by atoms with van der Waals surface area (Å²) in [6.07, 6.45) is 0.124. The molecule has 8 fully saturated rings. The van der Waals surface area contributed by atoms with E-state index in [1.165, 1.54) is 76.6 Å². The van der Waals surface area contributed by atoms with Crippen LogP contribution < -0.4 is 16.0 Å². The van der Waals surface area contributed by atoms with E-state index in [1.807, 2.05) is 13.0 Å². The van der Waals surface area contributed by atoms with E-state index in [-0.39, 0.29) is 82.9 Å². The number of alkyl halides is 5. The van der Waals surface area contributed by atoms with Gasteiger partial charge in [-0.25, -0.2) is 8.78 Å². The van der Waals surface area contributed by atoms with E-state index in [4.69, 9.17) is 4.74 Å². The maximum absolute atomic E-state index is 15.7. The Hall–Kier alpha value is -7.01. The van der Waals surface area contributed by atoms with Crippen LogP contribution in [0.1, 0.15) is 195 Å². The SMILES string of the molecule is CCO[C@@H]1C[C@H]2C(=O)NC3(CCC3)C(=O)N(C)[C@@H](C3CCCC3)C(=O)N(C)[C@H](C(=O)N3CCCC3)CC(=O)N(C)[C@@H](CC3CC3)C(=O)N[C@@H]([C@@H](C)CC)C(=O)N(C)CC(=O)N(C)[C@H]3C/C=C\CCN(C3=O)[C@@H](CC3CCC(C)CC3)C(=O)N(C)CC(=O)N[C@@H](CCC3CC(F)C(C(F)(F)F)C(F)C3)C(=O)N2C1. The summed E-state index contributed by atoms with van der Waals surface area (Å²) in [5, 5.41) is 8.68. The quantitative estimate of drug-likeness (QED) is 0.139.